The van der Waals surface area contributed by atoms with Gasteiger partial charge in [0.2, 0.25) is 6.29 Å². The molecule has 10 fully saturated rings. The van der Waals surface area contributed by atoms with Crippen molar-refractivity contribution in [2.24, 2.45) is 76.9 Å². The first kappa shape index (κ1) is 82.0. The van der Waals surface area contributed by atoms with Crippen molar-refractivity contribution in [2.75, 3.05) is 13.6 Å². The molecular weight excluding hydrogens is 1490 g/mol. The van der Waals surface area contributed by atoms with E-state index >= 15 is 0 Å². The molecule has 0 amide bonds. The summed E-state index contributed by atoms with van der Waals surface area (Å²) in [7, 11) is 0. The van der Waals surface area contributed by atoms with Gasteiger partial charge in [-0.25, -0.2) is 28.8 Å². The fourth-order valence-electron chi connectivity index (χ4n) is 19.7. The van der Waals surface area contributed by atoms with E-state index in [0.717, 1.165) is 48.3 Å². The standard InChI is InChI=1S/C31H34F2O7.2C28H28F2O7/c1-17(2)29(38-25-16-21-15-24(25)23-10-6-9-22(21)23)40-28(35)20-13-11-19(12-14-20)27(34)39-26(31(32,33)30(36)37)18-7-4-3-5-8-18;29-28(30,27(33)34)24(16-5-2-1-3-6-16)37-26(32)18-11-9-17(10-12-18)25(31)36-15-35-23-14-19-13-22(23)21-8-4-7-20(19)21;29-28(30,27(33)34)24(18-4-2-1-3-5-18)37-26(32)20-8-6-19(7-9-20)25(31)36-15-35-23-21-11-16-10-17(13-21)14-22(23)12-16/h3-5,7-8,11-14,17,21-26,29H,6,9-10,15-16H2,1-2H3,(H,36,37);1-3,5-6,9-12,19-24H,4,7-8,13-15H2,(H,33,34);1-9,16-17,21-24H,10-15H2,(H,33,34)/p-3. The minimum absolute atomic E-state index is 0.0722. The highest BCUT2D eigenvalue weighted by Crippen LogP contribution is 2.61. The fraction of sp³-hybridized carbons (Fsp3) is 0.483. The molecule has 0 aromatic heterocycles. The summed E-state index contributed by atoms with van der Waals surface area (Å²) in [4.78, 5) is 109. The molecule has 0 spiro atoms. The number of aliphatic carboxylic acids is 3. The summed E-state index contributed by atoms with van der Waals surface area (Å²) in [6.45, 7) is 3.53. The SMILES string of the molecule is CC(C)C(OC(=O)c1ccc(C(=O)OC(c2ccccc2)C(F)(F)C(=O)[O-])cc1)OC1CC2CC1C1CCCC21.O=C(OCOC1C2CC3CC(C2)CC1C3)c1ccc(C(=O)OC(c2ccccc2)C(F)(F)C(=O)[O-])cc1.O=C(OCOC1CC2CC1C1CCCC21)c1ccc(C(=O)OC(c2ccccc2)C(F)(F)C(=O)[O-])cc1. The third-order valence-electron chi connectivity index (χ3n) is 24.7. The van der Waals surface area contributed by atoms with Crippen LogP contribution in [0.2, 0.25) is 0 Å². The third kappa shape index (κ3) is 18.1. The molecule has 0 saturated heterocycles. The molecular formula is C87H87F6O21-3. The largest absolute Gasteiger partial charge is 0.544 e. The maximum atomic E-state index is 14.4. The maximum absolute atomic E-state index is 14.4. The second kappa shape index (κ2) is 35.0. The van der Waals surface area contributed by atoms with E-state index in [1.807, 2.05) is 13.8 Å². The van der Waals surface area contributed by atoms with Crippen molar-refractivity contribution < 1.29 is 127 Å². The lowest BCUT2D eigenvalue weighted by Gasteiger charge is -2.53. The number of alkyl halides is 6. The van der Waals surface area contributed by atoms with Crippen LogP contribution in [0.15, 0.2) is 164 Å². The summed E-state index contributed by atoms with van der Waals surface area (Å²) in [5, 5.41) is 33.1. The van der Waals surface area contributed by atoms with E-state index < -0.39 is 96.1 Å². The first-order valence-corrected chi connectivity index (χ1v) is 38.8. The first-order chi connectivity index (χ1) is 54.5. The number of benzene rings is 6. The third-order valence-corrected chi connectivity index (χ3v) is 24.7. The Labute approximate surface area is 653 Å². The summed E-state index contributed by atoms with van der Waals surface area (Å²) in [6.07, 6.45) is 10.6. The number of ether oxygens (including phenoxy) is 9. The molecule has 8 bridgehead atoms. The Bertz CT molecular complexity index is 4390. The Morgan fingerprint density at radius 3 is 1.00 bits per heavy atom. The molecule has 6 aromatic rings. The van der Waals surface area contributed by atoms with Crippen molar-refractivity contribution >= 4 is 53.7 Å². The summed E-state index contributed by atoms with van der Waals surface area (Å²) in [5.41, 5.74) is -0.607. The minimum atomic E-state index is -4.47. The number of rotatable bonds is 28. The zero-order valence-electron chi connectivity index (χ0n) is 62.5. The van der Waals surface area contributed by atoms with Crippen LogP contribution in [0, 0.1) is 76.9 Å². The van der Waals surface area contributed by atoms with Gasteiger partial charge in [-0.1, -0.05) is 118 Å². The van der Waals surface area contributed by atoms with E-state index in [1.54, 1.807) is 18.2 Å². The number of carbonyl (C=O) groups excluding carboxylic acids is 9. The van der Waals surface area contributed by atoms with Crippen LogP contribution >= 0.6 is 0 Å². The molecule has 114 heavy (non-hydrogen) atoms. The van der Waals surface area contributed by atoms with Crippen molar-refractivity contribution in [1.82, 2.24) is 0 Å². The van der Waals surface area contributed by atoms with Gasteiger partial charge in [0.25, 0.3) is 0 Å². The van der Waals surface area contributed by atoms with E-state index in [9.17, 15) is 84.8 Å². The number of carboxylic acid groups (broad SMARTS) is 3. The van der Waals surface area contributed by atoms with Crippen LogP contribution in [-0.2, 0) is 57.0 Å². The summed E-state index contributed by atoms with van der Waals surface area (Å²) < 4.78 is 135. The van der Waals surface area contributed by atoms with Crippen molar-refractivity contribution in [3.8, 4) is 0 Å². The molecule has 0 heterocycles. The molecule has 21 nitrogen and oxygen atoms in total. The maximum Gasteiger partial charge on any atom is 0.340 e. The van der Waals surface area contributed by atoms with Gasteiger partial charge in [-0.3, -0.25) is 0 Å². The van der Waals surface area contributed by atoms with Crippen LogP contribution < -0.4 is 15.3 Å². The van der Waals surface area contributed by atoms with Gasteiger partial charge in [0.15, 0.2) is 31.9 Å². The lowest BCUT2D eigenvalue weighted by molar-refractivity contribution is -0.337. The zero-order chi connectivity index (χ0) is 80.9. The van der Waals surface area contributed by atoms with Crippen molar-refractivity contribution in [1.29, 1.82) is 0 Å². The molecule has 6 aromatic carbocycles. The molecule has 14 unspecified atom stereocenters. The Morgan fingerprint density at radius 2 is 0.658 bits per heavy atom. The highest BCUT2D eigenvalue weighted by molar-refractivity contribution is 5.96. The second-order valence-corrected chi connectivity index (χ2v) is 31.9. The Kier molecular flexibility index (Phi) is 25.2. The predicted octanol–water partition coefficient (Wildman–Crippen LogP) is 12.8. The lowest BCUT2D eigenvalue weighted by atomic mass is 9.55. The first-order valence-electron chi connectivity index (χ1n) is 38.8. The highest BCUT2D eigenvalue weighted by Gasteiger charge is 2.57. The molecule has 10 saturated carbocycles. The summed E-state index contributed by atoms with van der Waals surface area (Å²) in [5.74, 6) is -18.6. The lowest BCUT2D eigenvalue weighted by Crippen LogP contribution is -2.49. The van der Waals surface area contributed by atoms with Gasteiger partial charge in [-0.15, -0.1) is 0 Å². The number of carboxylic acids is 3. The smallest absolute Gasteiger partial charge is 0.340 e. The number of halogens is 6. The molecule has 0 radical (unpaired) electrons. The van der Waals surface area contributed by atoms with Crippen molar-refractivity contribution in [2.45, 2.75) is 171 Å². The van der Waals surface area contributed by atoms with E-state index in [0.29, 0.717) is 35.5 Å². The molecule has 0 aliphatic heterocycles. The monoisotopic (exact) mass is 1580 g/mol. The van der Waals surface area contributed by atoms with E-state index in [1.165, 1.54) is 229 Å². The molecule has 606 valence electrons. The molecule has 10 aliphatic carbocycles. The summed E-state index contributed by atoms with van der Waals surface area (Å²) in [6, 6.07) is 35.7. The molecule has 14 atom stereocenters. The van der Waals surface area contributed by atoms with Crippen LogP contribution in [0.25, 0.3) is 0 Å². The van der Waals surface area contributed by atoms with Crippen LogP contribution in [0.4, 0.5) is 26.3 Å². The normalized spacial score (nSPS) is 26.9. The van der Waals surface area contributed by atoms with Gasteiger partial charge in [-0.2, -0.15) is 26.3 Å². The zero-order valence-corrected chi connectivity index (χ0v) is 62.5. The van der Waals surface area contributed by atoms with Gasteiger partial charge in [0.05, 0.1) is 51.7 Å². The van der Waals surface area contributed by atoms with Crippen LogP contribution in [0.3, 0.4) is 0 Å². The molecule has 10 aliphatic rings. The van der Waals surface area contributed by atoms with Crippen LogP contribution in [0.5, 0.6) is 0 Å². The second-order valence-electron chi connectivity index (χ2n) is 31.9. The highest BCUT2D eigenvalue weighted by atomic mass is 19.3. The Morgan fingerprint density at radius 1 is 0.351 bits per heavy atom. The topological polar surface area (TPSA) is 306 Å². The number of carbonyl (C=O) groups is 9. The van der Waals surface area contributed by atoms with Gasteiger partial charge in [0, 0.05) is 5.92 Å². The van der Waals surface area contributed by atoms with Gasteiger partial charge in [-0.05, 0) is 244 Å². The van der Waals surface area contributed by atoms with Crippen LogP contribution in [-0.4, -0.2) is 110 Å². The van der Waals surface area contributed by atoms with Crippen molar-refractivity contribution in [3.05, 3.63) is 214 Å². The van der Waals surface area contributed by atoms with Gasteiger partial charge < -0.3 is 72.3 Å². The van der Waals surface area contributed by atoms with E-state index in [-0.39, 0.29) is 87.9 Å². The van der Waals surface area contributed by atoms with Crippen LogP contribution in [0.1, 0.15) is 207 Å². The van der Waals surface area contributed by atoms with Gasteiger partial charge >= 0.3 is 53.6 Å². The minimum Gasteiger partial charge on any atom is -0.544 e. The molecule has 27 heteroatoms. The van der Waals surface area contributed by atoms with E-state index in [2.05, 4.69) is 0 Å². The average Bonchev–Trinajstić information content (AvgIpc) is 1.54. The Balaban J connectivity index is 0.000000149. The summed E-state index contributed by atoms with van der Waals surface area (Å²) >= 11 is 0. The van der Waals surface area contributed by atoms with Gasteiger partial charge in [0.1, 0.15) is 17.9 Å². The number of hydrogen-bond donors (Lipinski definition) is 0. The van der Waals surface area contributed by atoms with E-state index in [4.69, 9.17) is 42.6 Å². The molecule has 16 rings (SSSR count). The average molecular weight is 1580 g/mol. The number of hydrogen-bond acceptors (Lipinski definition) is 21. The Hall–Kier alpha value is -9.99. The molecule has 0 N–H and O–H groups in total. The predicted molar refractivity (Wildman–Crippen MR) is 383 cm³/mol. The number of esters is 6. The number of fused-ring (bicyclic) bond motifs is 10. The quantitative estimate of drug-likeness (QED) is 0.0191. The fourth-order valence-corrected chi connectivity index (χ4v) is 19.7. The van der Waals surface area contributed by atoms with Crippen molar-refractivity contribution in [3.63, 3.8) is 0 Å².